The molecule has 1 aromatic rings. The van der Waals surface area contributed by atoms with Crippen LogP contribution in [0.4, 0.5) is 14.9 Å². The number of carbonyl (C=O) groups is 1. The van der Waals surface area contributed by atoms with Gasteiger partial charge in [-0.25, -0.2) is 22.3 Å². The van der Waals surface area contributed by atoms with Crippen molar-refractivity contribution in [1.29, 1.82) is 0 Å². The third-order valence-electron chi connectivity index (χ3n) is 4.94. The predicted molar refractivity (Wildman–Crippen MR) is 106 cm³/mol. The van der Waals surface area contributed by atoms with Gasteiger partial charge < -0.3 is 5.32 Å². The van der Waals surface area contributed by atoms with E-state index < -0.39 is 21.4 Å². The van der Waals surface area contributed by atoms with Crippen molar-refractivity contribution in [3.8, 4) is 0 Å². The van der Waals surface area contributed by atoms with Crippen LogP contribution < -0.4 is 10.0 Å². The van der Waals surface area contributed by atoms with Crippen molar-refractivity contribution in [1.82, 2.24) is 9.62 Å². The summed E-state index contributed by atoms with van der Waals surface area (Å²) in [6, 6.07) is 1.95. The lowest BCUT2D eigenvalue weighted by Gasteiger charge is -2.31. The normalized spacial score (nSPS) is 18.7. The molecule has 0 aliphatic carbocycles. The number of nitrogens with zero attached hydrogens (tertiary/aromatic N) is 1. The molecule has 1 aliphatic heterocycles. The highest BCUT2D eigenvalue weighted by Gasteiger charge is 2.33. The molecule has 1 atom stereocenters. The third-order valence-corrected chi connectivity index (χ3v) is 6.73. The lowest BCUT2D eigenvalue weighted by atomic mass is 9.92. The molecule has 152 valence electrons. The first kappa shape index (κ1) is 21.6. The summed E-state index contributed by atoms with van der Waals surface area (Å²) in [6.07, 6.45) is 2.24. The molecule has 1 fully saturated rings. The fourth-order valence-electron chi connectivity index (χ4n) is 3.48. The van der Waals surface area contributed by atoms with Crippen molar-refractivity contribution in [2.75, 3.05) is 18.9 Å². The van der Waals surface area contributed by atoms with Gasteiger partial charge in [0.15, 0.2) is 0 Å². The number of halogens is 1. The van der Waals surface area contributed by atoms with Crippen molar-refractivity contribution >= 4 is 21.7 Å². The molecule has 1 aliphatic rings. The van der Waals surface area contributed by atoms with E-state index in [1.165, 1.54) is 12.1 Å². The number of amides is 2. The maximum Gasteiger partial charge on any atom is 0.332 e. The standard InChI is InChI=1S/C19H30FN3O3S/c1-12(2)15-10-14(20)11-16(13(3)4)18(15)21-19(24)22-27(25,26)17-8-6-7-9-23(17)5/h10-13,17H,6-9H2,1-5H3,(H2,21,22,24). The van der Waals surface area contributed by atoms with E-state index in [1.54, 1.807) is 11.9 Å². The zero-order chi connectivity index (χ0) is 20.4. The third kappa shape index (κ3) is 5.19. The maximum absolute atomic E-state index is 14.0. The smallest absolute Gasteiger partial charge is 0.307 e. The van der Waals surface area contributed by atoms with Crippen LogP contribution in [0.5, 0.6) is 0 Å². The molecule has 1 aromatic carbocycles. The van der Waals surface area contributed by atoms with Crippen LogP contribution in [-0.2, 0) is 10.0 Å². The number of benzene rings is 1. The van der Waals surface area contributed by atoms with E-state index in [-0.39, 0.29) is 17.7 Å². The minimum atomic E-state index is -3.84. The number of carbonyl (C=O) groups excluding carboxylic acids is 1. The van der Waals surface area contributed by atoms with Crippen LogP contribution in [0.1, 0.15) is 69.9 Å². The molecule has 0 aromatic heterocycles. The Hall–Kier alpha value is -1.67. The van der Waals surface area contributed by atoms with Crippen LogP contribution in [0, 0.1) is 5.82 Å². The van der Waals surface area contributed by atoms with E-state index in [2.05, 4.69) is 10.0 Å². The number of hydrogen-bond donors (Lipinski definition) is 2. The maximum atomic E-state index is 14.0. The number of urea groups is 1. The van der Waals surface area contributed by atoms with E-state index in [0.29, 0.717) is 29.8 Å². The van der Waals surface area contributed by atoms with Gasteiger partial charge >= 0.3 is 6.03 Å². The van der Waals surface area contributed by atoms with Crippen LogP contribution >= 0.6 is 0 Å². The van der Waals surface area contributed by atoms with Crippen molar-refractivity contribution < 1.29 is 17.6 Å². The van der Waals surface area contributed by atoms with Gasteiger partial charge in [-0.3, -0.25) is 4.90 Å². The summed E-state index contributed by atoms with van der Waals surface area (Å²) >= 11 is 0. The summed E-state index contributed by atoms with van der Waals surface area (Å²) in [5, 5.41) is 1.94. The summed E-state index contributed by atoms with van der Waals surface area (Å²) in [5.41, 5.74) is 1.76. The average molecular weight is 400 g/mol. The highest BCUT2D eigenvalue weighted by Crippen LogP contribution is 2.33. The summed E-state index contributed by atoms with van der Waals surface area (Å²) < 4.78 is 41.4. The molecule has 2 rings (SSSR count). The topological polar surface area (TPSA) is 78.5 Å². The first-order valence-electron chi connectivity index (χ1n) is 9.39. The molecule has 0 bridgehead atoms. The Bertz CT molecular complexity index is 764. The molecular weight excluding hydrogens is 369 g/mol. The number of rotatable bonds is 5. The molecular formula is C19H30FN3O3S. The van der Waals surface area contributed by atoms with Gasteiger partial charge in [-0.15, -0.1) is 0 Å². The molecule has 0 spiro atoms. The largest absolute Gasteiger partial charge is 0.332 e. The molecule has 2 amide bonds. The molecule has 6 nitrogen and oxygen atoms in total. The monoisotopic (exact) mass is 399 g/mol. The minimum absolute atomic E-state index is 0.0328. The van der Waals surface area contributed by atoms with Gasteiger partial charge in [0.2, 0.25) is 0 Å². The Labute approximate surface area is 161 Å². The fourth-order valence-corrected chi connectivity index (χ4v) is 4.98. The van der Waals surface area contributed by atoms with Crippen LogP contribution in [0.3, 0.4) is 0 Å². The van der Waals surface area contributed by atoms with E-state index in [1.807, 2.05) is 27.7 Å². The highest BCUT2D eigenvalue weighted by atomic mass is 32.2. The Morgan fingerprint density at radius 2 is 1.70 bits per heavy atom. The summed E-state index contributed by atoms with van der Waals surface area (Å²) in [4.78, 5) is 14.2. The second-order valence-electron chi connectivity index (χ2n) is 7.80. The summed E-state index contributed by atoms with van der Waals surface area (Å²) in [7, 11) is -2.09. The SMILES string of the molecule is CC(C)c1cc(F)cc(C(C)C)c1NC(=O)NS(=O)(=O)C1CCCCN1C. The summed E-state index contributed by atoms with van der Waals surface area (Å²) in [6.45, 7) is 8.27. The minimum Gasteiger partial charge on any atom is -0.307 e. The van der Waals surface area contributed by atoms with E-state index in [4.69, 9.17) is 0 Å². The van der Waals surface area contributed by atoms with Gasteiger partial charge in [0.25, 0.3) is 10.0 Å². The number of nitrogens with one attached hydrogen (secondary N) is 2. The van der Waals surface area contributed by atoms with Crippen molar-refractivity contribution in [3.63, 3.8) is 0 Å². The van der Waals surface area contributed by atoms with Gasteiger partial charge in [-0.2, -0.15) is 0 Å². The second kappa shape index (κ2) is 8.56. The van der Waals surface area contributed by atoms with Crippen LogP contribution in [0.15, 0.2) is 12.1 Å². The molecule has 2 N–H and O–H groups in total. The number of hydrogen-bond acceptors (Lipinski definition) is 4. The summed E-state index contributed by atoms with van der Waals surface area (Å²) in [5.74, 6) is -0.436. The first-order valence-corrected chi connectivity index (χ1v) is 10.9. The van der Waals surface area contributed by atoms with Gasteiger partial charge in [-0.1, -0.05) is 27.7 Å². The number of anilines is 1. The zero-order valence-electron chi connectivity index (χ0n) is 16.7. The Morgan fingerprint density at radius 1 is 1.15 bits per heavy atom. The molecule has 0 saturated carbocycles. The van der Waals surface area contributed by atoms with Crippen molar-refractivity contribution in [2.45, 2.75) is 64.2 Å². The van der Waals surface area contributed by atoms with E-state index in [0.717, 1.165) is 12.8 Å². The second-order valence-corrected chi connectivity index (χ2v) is 9.64. The van der Waals surface area contributed by atoms with Crippen molar-refractivity contribution in [2.24, 2.45) is 0 Å². The molecule has 8 heteroatoms. The Kier molecular flexibility index (Phi) is 6.86. The molecule has 1 unspecified atom stereocenters. The van der Waals surface area contributed by atoms with E-state index >= 15 is 0 Å². The highest BCUT2D eigenvalue weighted by molar-refractivity contribution is 7.90. The van der Waals surface area contributed by atoms with Gasteiger partial charge in [0.1, 0.15) is 11.2 Å². The molecule has 27 heavy (non-hydrogen) atoms. The number of sulfonamides is 1. The Morgan fingerprint density at radius 3 is 2.19 bits per heavy atom. The number of likely N-dealkylation sites (tertiary alicyclic amines) is 1. The Balaban J connectivity index is 2.27. The van der Waals surface area contributed by atoms with Crippen LogP contribution in [-0.4, -0.2) is 38.3 Å². The quantitative estimate of drug-likeness (QED) is 0.785. The lowest BCUT2D eigenvalue weighted by Crippen LogP contribution is -2.49. The van der Waals surface area contributed by atoms with Gasteiger partial charge in [-0.05, 0) is 68.0 Å². The fraction of sp³-hybridized carbons (Fsp3) is 0.632. The molecule has 0 radical (unpaired) electrons. The van der Waals surface area contributed by atoms with Gasteiger partial charge in [0, 0.05) is 5.69 Å². The molecule has 1 heterocycles. The lowest BCUT2D eigenvalue weighted by molar-refractivity contribution is 0.237. The van der Waals surface area contributed by atoms with Crippen LogP contribution in [0.2, 0.25) is 0 Å². The first-order chi connectivity index (χ1) is 12.5. The number of piperidine rings is 1. The van der Waals surface area contributed by atoms with Crippen LogP contribution in [0.25, 0.3) is 0 Å². The van der Waals surface area contributed by atoms with E-state index in [9.17, 15) is 17.6 Å². The van der Waals surface area contributed by atoms with Gasteiger partial charge in [0.05, 0.1) is 0 Å². The zero-order valence-corrected chi connectivity index (χ0v) is 17.5. The van der Waals surface area contributed by atoms with Crippen molar-refractivity contribution in [3.05, 3.63) is 29.1 Å². The molecule has 1 saturated heterocycles. The predicted octanol–water partition coefficient (Wildman–Crippen LogP) is 3.97. The average Bonchev–Trinajstić information content (AvgIpc) is 2.55.